The van der Waals surface area contributed by atoms with Crippen molar-refractivity contribution in [3.8, 4) is 5.75 Å². The molecular weight excluding hydrogens is 492 g/mol. The number of aromatic nitrogens is 1. The number of nitrogens with zero attached hydrogens (tertiary/aromatic N) is 3. The summed E-state index contributed by atoms with van der Waals surface area (Å²) in [6.07, 6.45) is 4.27. The van der Waals surface area contributed by atoms with E-state index in [0.717, 1.165) is 31.6 Å². The van der Waals surface area contributed by atoms with Gasteiger partial charge in [0.05, 0.1) is 11.8 Å². The molecule has 1 aromatic heterocycles. The highest BCUT2D eigenvalue weighted by Crippen LogP contribution is 2.44. The Hall–Kier alpha value is -2.56. The maximum absolute atomic E-state index is 13.1. The summed E-state index contributed by atoms with van der Waals surface area (Å²) in [5.74, 6) is 0.211. The number of aliphatic hydroxyl groups excluding tert-OH is 1. The normalized spacial score (nSPS) is 21.6. The first-order valence-corrected chi connectivity index (χ1v) is 13.8. The summed E-state index contributed by atoms with van der Waals surface area (Å²) in [4.78, 5) is 21.4. The van der Waals surface area contributed by atoms with Crippen molar-refractivity contribution in [2.45, 2.75) is 55.3 Å². The zero-order valence-electron chi connectivity index (χ0n) is 19.3. The Kier molecular flexibility index (Phi) is 6.54. The van der Waals surface area contributed by atoms with Gasteiger partial charge in [-0.3, -0.25) is 4.79 Å². The van der Waals surface area contributed by atoms with E-state index in [-0.39, 0.29) is 5.03 Å². The molecule has 1 aliphatic carbocycles. The molecule has 35 heavy (non-hydrogen) atoms. The number of hydrogen-bond acceptors (Lipinski definition) is 8. The molecule has 0 spiro atoms. The standard InChI is InChI=1S/C24H29ClN4O5S/c25-17-7-8-19(28-12-2-1-3-13-28)20(15-17)34-24(10-11-24)23(31)27-35(32,33)22-6-4-5-21(26-22)29-14-9-18(30)16-29/h4-8,15,18,30H,1-3,9-14,16H2,(H,27,31)/t18-/m0/s1. The van der Waals surface area contributed by atoms with Gasteiger partial charge in [-0.15, -0.1) is 0 Å². The molecule has 2 aliphatic heterocycles. The number of piperidine rings is 1. The fraction of sp³-hybridized carbons (Fsp3) is 0.500. The number of ether oxygens (including phenoxy) is 1. The Bertz CT molecular complexity index is 1210. The zero-order valence-corrected chi connectivity index (χ0v) is 20.9. The number of nitrogens with one attached hydrogen (secondary N) is 1. The van der Waals surface area contributed by atoms with Crippen LogP contribution in [-0.4, -0.2) is 62.3 Å². The second-order valence-corrected chi connectivity index (χ2v) is 11.5. The molecule has 2 saturated heterocycles. The van der Waals surface area contributed by atoms with Crippen molar-refractivity contribution in [1.29, 1.82) is 0 Å². The molecule has 1 amide bonds. The number of pyridine rings is 1. The second kappa shape index (κ2) is 9.48. The van der Waals surface area contributed by atoms with Crippen molar-refractivity contribution in [3.05, 3.63) is 41.4 Å². The molecule has 188 valence electrons. The first-order chi connectivity index (χ1) is 16.8. The minimum absolute atomic E-state index is 0.252. The van der Waals surface area contributed by atoms with Gasteiger partial charge in [-0.1, -0.05) is 17.7 Å². The molecule has 3 fully saturated rings. The number of β-amino-alcohol motifs (C(OH)–C–C–N with tert-alkyl or cyclic N) is 1. The van der Waals surface area contributed by atoms with Crippen LogP contribution in [0.1, 0.15) is 38.5 Å². The highest BCUT2D eigenvalue weighted by molar-refractivity contribution is 7.90. The molecule has 2 aromatic rings. The number of carbonyl (C=O) groups is 1. The fourth-order valence-corrected chi connectivity index (χ4v) is 5.78. The first-order valence-electron chi connectivity index (χ1n) is 12.0. The molecule has 11 heteroatoms. The molecular formula is C24H29ClN4O5S. The molecule has 1 saturated carbocycles. The van der Waals surface area contributed by atoms with Crippen LogP contribution in [0.2, 0.25) is 5.02 Å². The van der Waals surface area contributed by atoms with E-state index in [0.29, 0.717) is 48.9 Å². The molecule has 2 N–H and O–H groups in total. The van der Waals surface area contributed by atoms with Gasteiger partial charge in [0.25, 0.3) is 15.9 Å². The van der Waals surface area contributed by atoms with Crippen molar-refractivity contribution in [2.24, 2.45) is 0 Å². The number of amides is 1. The molecule has 1 atom stereocenters. The van der Waals surface area contributed by atoms with Crippen molar-refractivity contribution in [1.82, 2.24) is 9.71 Å². The van der Waals surface area contributed by atoms with E-state index in [4.69, 9.17) is 16.3 Å². The third kappa shape index (κ3) is 5.19. The number of aliphatic hydroxyl groups is 1. The van der Waals surface area contributed by atoms with E-state index in [9.17, 15) is 18.3 Å². The van der Waals surface area contributed by atoms with Crippen molar-refractivity contribution >= 4 is 39.0 Å². The predicted molar refractivity (Wildman–Crippen MR) is 133 cm³/mol. The summed E-state index contributed by atoms with van der Waals surface area (Å²) in [7, 11) is -4.22. The van der Waals surface area contributed by atoms with E-state index >= 15 is 0 Å². The summed E-state index contributed by atoms with van der Waals surface area (Å²) in [5, 5.41) is 10.0. The average Bonchev–Trinajstić information content (AvgIpc) is 3.50. The predicted octanol–water partition coefficient (Wildman–Crippen LogP) is 2.71. The SMILES string of the molecule is O=C(NS(=O)(=O)c1cccc(N2CC[C@H](O)C2)n1)C1(Oc2cc(Cl)ccc2N2CCCCC2)CC1. The Morgan fingerprint density at radius 3 is 2.57 bits per heavy atom. The lowest BCUT2D eigenvalue weighted by atomic mass is 10.1. The van der Waals surface area contributed by atoms with Crippen LogP contribution in [-0.2, 0) is 14.8 Å². The smallest absolute Gasteiger partial charge is 0.281 e. The van der Waals surface area contributed by atoms with E-state index < -0.39 is 27.6 Å². The van der Waals surface area contributed by atoms with Gasteiger partial charge in [-0.05, 0) is 49.9 Å². The van der Waals surface area contributed by atoms with Crippen LogP contribution in [0, 0.1) is 0 Å². The monoisotopic (exact) mass is 520 g/mol. The van der Waals surface area contributed by atoms with Gasteiger partial charge in [-0.2, -0.15) is 8.42 Å². The Labute approximate surface area is 210 Å². The van der Waals surface area contributed by atoms with Gasteiger partial charge in [0.1, 0.15) is 11.6 Å². The van der Waals surface area contributed by atoms with Crippen molar-refractivity contribution in [2.75, 3.05) is 36.0 Å². The van der Waals surface area contributed by atoms with E-state index in [1.54, 1.807) is 24.3 Å². The lowest BCUT2D eigenvalue weighted by Crippen LogP contribution is -2.44. The van der Waals surface area contributed by atoms with Gasteiger partial charge in [-0.25, -0.2) is 9.71 Å². The topological polar surface area (TPSA) is 112 Å². The number of rotatable bonds is 7. The lowest BCUT2D eigenvalue weighted by molar-refractivity contribution is -0.127. The number of benzene rings is 1. The van der Waals surface area contributed by atoms with Crippen molar-refractivity contribution < 1.29 is 23.1 Å². The van der Waals surface area contributed by atoms with Crippen LogP contribution < -0.4 is 19.3 Å². The van der Waals surface area contributed by atoms with E-state index in [1.165, 1.54) is 12.5 Å². The molecule has 0 radical (unpaired) electrons. The average molecular weight is 521 g/mol. The number of hydrogen-bond donors (Lipinski definition) is 2. The molecule has 1 aromatic carbocycles. The minimum atomic E-state index is -4.22. The van der Waals surface area contributed by atoms with E-state index in [1.807, 2.05) is 11.0 Å². The summed E-state index contributed by atoms with van der Waals surface area (Å²) >= 11 is 6.23. The first kappa shape index (κ1) is 24.1. The van der Waals surface area contributed by atoms with Crippen LogP contribution >= 0.6 is 11.6 Å². The molecule has 0 unspecified atom stereocenters. The van der Waals surface area contributed by atoms with Gasteiger partial charge >= 0.3 is 0 Å². The molecule has 9 nitrogen and oxygen atoms in total. The summed E-state index contributed by atoms with van der Waals surface area (Å²) in [5.41, 5.74) is -0.405. The molecule has 5 rings (SSSR count). The van der Waals surface area contributed by atoms with Gasteiger partial charge < -0.3 is 19.6 Å². The molecule has 0 bridgehead atoms. The fourth-order valence-electron chi connectivity index (χ4n) is 4.61. The third-order valence-electron chi connectivity index (χ3n) is 6.74. The number of halogens is 1. The van der Waals surface area contributed by atoms with Gasteiger partial charge in [0.2, 0.25) is 0 Å². The molecule has 3 heterocycles. The van der Waals surface area contributed by atoms with Crippen LogP contribution in [0.3, 0.4) is 0 Å². The maximum Gasteiger partial charge on any atom is 0.281 e. The Morgan fingerprint density at radius 2 is 1.89 bits per heavy atom. The highest BCUT2D eigenvalue weighted by atomic mass is 35.5. The van der Waals surface area contributed by atoms with E-state index in [2.05, 4.69) is 14.6 Å². The summed E-state index contributed by atoms with van der Waals surface area (Å²) < 4.78 is 34.4. The quantitative estimate of drug-likeness (QED) is 0.573. The van der Waals surface area contributed by atoms with Gasteiger partial charge in [0.15, 0.2) is 10.6 Å². The number of sulfonamides is 1. The Morgan fingerprint density at radius 1 is 1.11 bits per heavy atom. The summed E-state index contributed by atoms with van der Waals surface area (Å²) in [6.45, 7) is 2.75. The number of carbonyl (C=O) groups excluding carboxylic acids is 1. The molecule has 3 aliphatic rings. The van der Waals surface area contributed by atoms with Crippen molar-refractivity contribution in [3.63, 3.8) is 0 Å². The van der Waals surface area contributed by atoms with Crippen LogP contribution in [0.4, 0.5) is 11.5 Å². The second-order valence-electron chi connectivity index (χ2n) is 9.41. The van der Waals surface area contributed by atoms with Crippen LogP contribution in [0.15, 0.2) is 41.4 Å². The highest BCUT2D eigenvalue weighted by Gasteiger charge is 2.54. The largest absolute Gasteiger partial charge is 0.475 e. The third-order valence-corrected chi connectivity index (χ3v) is 8.21. The summed E-state index contributed by atoms with van der Waals surface area (Å²) in [6, 6.07) is 9.97. The maximum atomic E-state index is 13.1. The van der Waals surface area contributed by atoms with Gasteiger partial charge in [0, 0.05) is 50.1 Å². The lowest BCUT2D eigenvalue weighted by Gasteiger charge is -2.31. The zero-order chi connectivity index (χ0) is 24.6. The van der Waals surface area contributed by atoms with Crippen LogP contribution in [0.25, 0.3) is 0 Å². The Balaban J connectivity index is 1.33. The van der Waals surface area contributed by atoms with Crippen LogP contribution in [0.5, 0.6) is 5.75 Å². The number of anilines is 2. The minimum Gasteiger partial charge on any atom is -0.475 e.